The van der Waals surface area contributed by atoms with Gasteiger partial charge in [0.1, 0.15) is 5.82 Å². The first-order valence-electron chi connectivity index (χ1n) is 4.43. The summed E-state index contributed by atoms with van der Waals surface area (Å²) in [6.45, 7) is 0. The summed E-state index contributed by atoms with van der Waals surface area (Å²) in [7, 11) is 1.87. The van der Waals surface area contributed by atoms with Crippen molar-refractivity contribution in [2.75, 3.05) is 12.4 Å². The average molecular weight is 163 g/mol. The molecule has 3 heteroatoms. The van der Waals surface area contributed by atoms with Crippen LogP contribution in [0.3, 0.4) is 0 Å². The first-order chi connectivity index (χ1) is 5.90. The number of hydrogen-bond acceptors (Lipinski definition) is 3. The minimum absolute atomic E-state index is 0.885. The van der Waals surface area contributed by atoms with Crippen LogP contribution < -0.4 is 5.32 Å². The van der Waals surface area contributed by atoms with Gasteiger partial charge in [0, 0.05) is 7.05 Å². The van der Waals surface area contributed by atoms with E-state index in [9.17, 15) is 0 Å². The monoisotopic (exact) mass is 163 g/mol. The van der Waals surface area contributed by atoms with E-state index in [1.165, 1.54) is 30.5 Å². The van der Waals surface area contributed by atoms with Crippen LogP contribution >= 0.6 is 0 Å². The third-order valence-corrected chi connectivity index (χ3v) is 2.33. The molecular formula is C9H13N3. The fraction of sp³-hybridized carbons (Fsp3) is 0.556. The van der Waals surface area contributed by atoms with Gasteiger partial charge in [-0.05, 0) is 37.3 Å². The van der Waals surface area contributed by atoms with Gasteiger partial charge in [-0.2, -0.15) is 5.10 Å². The smallest absolute Gasteiger partial charge is 0.148 e. The van der Waals surface area contributed by atoms with E-state index in [-0.39, 0.29) is 0 Å². The van der Waals surface area contributed by atoms with Gasteiger partial charge >= 0.3 is 0 Å². The molecule has 0 spiro atoms. The van der Waals surface area contributed by atoms with Crippen molar-refractivity contribution in [1.29, 1.82) is 0 Å². The van der Waals surface area contributed by atoms with Crippen LogP contribution in [-0.4, -0.2) is 17.2 Å². The second-order valence-corrected chi connectivity index (χ2v) is 3.16. The van der Waals surface area contributed by atoms with E-state index in [1.807, 2.05) is 7.05 Å². The molecule has 1 aliphatic rings. The Balaban J connectivity index is 2.36. The van der Waals surface area contributed by atoms with Crippen molar-refractivity contribution in [3.8, 4) is 0 Å². The molecule has 0 amide bonds. The van der Waals surface area contributed by atoms with E-state index >= 15 is 0 Å². The van der Waals surface area contributed by atoms with Gasteiger partial charge in [-0.15, -0.1) is 5.10 Å². The third-order valence-electron chi connectivity index (χ3n) is 2.33. The number of aryl methyl sites for hydroxylation is 2. The third kappa shape index (κ3) is 1.26. The molecule has 0 saturated heterocycles. The van der Waals surface area contributed by atoms with Crippen LogP contribution in [0.15, 0.2) is 6.07 Å². The Bertz CT molecular complexity index is 283. The summed E-state index contributed by atoms with van der Waals surface area (Å²) in [4.78, 5) is 0. The molecule has 1 N–H and O–H groups in total. The van der Waals surface area contributed by atoms with Crippen LogP contribution in [0.25, 0.3) is 0 Å². The molecule has 0 fully saturated rings. The SMILES string of the molecule is CNc1cc2c(nn1)CCCC2. The fourth-order valence-corrected chi connectivity index (χ4v) is 1.61. The van der Waals surface area contributed by atoms with Gasteiger partial charge in [0.2, 0.25) is 0 Å². The molecule has 2 rings (SSSR count). The van der Waals surface area contributed by atoms with Crippen molar-refractivity contribution in [3.05, 3.63) is 17.3 Å². The molecule has 1 aromatic heterocycles. The topological polar surface area (TPSA) is 37.8 Å². The number of nitrogens with one attached hydrogen (secondary N) is 1. The molecule has 0 unspecified atom stereocenters. The van der Waals surface area contributed by atoms with Crippen molar-refractivity contribution >= 4 is 5.82 Å². The van der Waals surface area contributed by atoms with Gasteiger partial charge in [0.05, 0.1) is 5.69 Å². The lowest BCUT2D eigenvalue weighted by Gasteiger charge is -2.13. The van der Waals surface area contributed by atoms with E-state index in [2.05, 4.69) is 21.6 Å². The van der Waals surface area contributed by atoms with Crippen molar-refractivity contribution < 1.29 is 0 Å². The zero-order valence-electron chi connectivity index (χ0n) is 7.30. The molecule has 1 aliphatic carbocycles. The number of rotatable bonds is 1. The standard InChI is InChI=1S/C9H13N3/c1-10-9-6-7-4-2-3-5-8(7)11-12-9/h6H,2-5H2,1H3,(H,10,12). The summed E-state index contributed by atoms with van der Waals surface area (Å²) in [5.41, 5.74) is 2.57. The second kappa shape index (κ2) is 3.09. The highest BCUT2D eigenvalue weighted by molar-refractivity contribution is 5.38. The fourth-order valence-electron chi connectivity index (χ4n) is 1.61. The Hall–Kier alpha value is -1.12. The van der Waals surface area contributed by atoms with Crippen LogP contribution in [-0.2, 0) is 12.8 Å². The van der Waals surface area contributed by atoms with Crippen LogP contribution in [0, 0.1) is 0 Å². The molecule has 0 saturated carbocycles. The van der Waals surface area contributed by atoms with Crippen LogP contribution in [0.1, 0.15) is 24.1 Å². The van der Waals surface area contributed by atoms with Crippen molar-refractivity contribution in [2.45, 2.75) is 25.7 Å². The van der Waals surface area contributed by atoms with Gasteiger partial charge in [-0.25, -0.2) is 0 Å². The number of anilines is 1. The molecule has 0 radical (unpaired) electrons. The number of aromatic nitrogens is 2. The largest absolute Gasteiger partial charge is 0.372 e. The highest BCUT2D eigenvalue weighted by atomic mass is 15.2. The van der Waals surface area contributed by atoms with Gasteiger partial charge in [0.25, 0.3) is 0 Å². The van der Waals surface area contributed by atoms with Crippen molar-refractivity contribution in [1.82, 2.24) is 10.2 Å². The van der Waals surface area contributed by atoms with E-state index in [4.69, 9.17) is 0 Å². The lowest BCUT2D eigenvalue weighted by Crippen LogP contribution is -2.08. The van der Waals surface area contributed by atoms with E-state index in [0.29, 0.717) is 0 Å². The highest BCUT2D eigenvalue weighted by Gasteiger charge is 2.10. The van der Waals surface area contributed by atoms with Gasteiger partial charge < -0.3 is 5.32 Å². The molecule has 0 aliphatic heterocycles. The van der Waals surface area contributed by atoms with Crippen molar-refractivity contribution in [2.24, 2.45) is 0 Å². The molecule has 0 bridgehead atoms. The Kier molecular flexibility index (Phi) is 1.94. The molecular weight excluding hydrogens is 150 g/mol. The Morgan fingerprint density at radius 1 is 1.25 bits per heavy atom. The summed E-state index contributed by atoms with van der Waals surface area (Å²) in [5, 5.41) is 11.2. The zero-order valence-corrected chi connectivity index (χ0v) is 7.30. The minimum atomic E-state index is 0.885. The van der Waals surface area contributed by atoms with Crippen molar-refractivity contribution in [3.63, 3.8) is 0 Å². The van der Waals surface area contributed by atoms with Gasteiger partial charge in [-0.1, -0.05) is 0 Å². The molecule has 1 aromatic rings. The maximum absolute atomic E-state index is 4.18. The normalized spacial score (nSPS) is 15.4. The summed E-state index contributed by atoms with van der Waals surface area (Å²) in [6.07, 6.45) is 4.83. The summed E-state index contributed by atoms with van der Waals surface area (Å²) >= 11 is 0. The van der Waals surface area contributed by atoms with Crippen LogP contribution in [0.2, 0.25) is 0 Å². The molecule has 1 heterocycles. The number of hydrogen-bond donors (Lipinski definition) is 1. The predicted molar refractivity (Wildman–Crippen MR) is 48.2 cm³/mol. The van der Waals surface area contributed by atoms with Crippen LogP contribution in [0.5, 0.6) is 0 Å². The summed E-state index contributed by atoms with van der Waals surface area (Å²) in [5.74, 6) is 0.885. The molecule has 12 heavy (non-hydrogen) atoms. The lowest BCUT2D eigenvalue weighted by atomic mass is 9.97. The first-order valence-corrected chi connectivity index (χ1v) is 4.43. The number of fused-ring (bicyclic) bond motifs is 1. The molecule has 3 nitrogen and oxygen atoms in total. The van der Waals surface area contributed by atoms with Gasteiger partial charge in [-0.3, -0.25) is 0 Å². The Morgan fingerprint density at radius 3 is 2.92 bits per heavy atom. The summed E-state index contributed by atoms with van der Waals surface area (Å²) in [6, 6.07) is 2.11. The predicted octanol–water partition coefficient (Wildman–Crippen LogP) is 1.40. The number of nitrogens with zero attached hydrogens (tertiary/aromatic N) is 2. The van der Waals surface area contributed by atoms with Crippen LogP contribution in [0.4, 0.5) is 5.82 Å². The van der Waals surface area contributed by atoms with Gasteiger partial charge in [0.15, 0.2) is 0 Å². The quantitative estimate of drug-likeness (QED) is 0.680. The lowest BCUT2D eigenvalue weighted by molar-refractivity contribution is 0.655. The molecule has 64 valence electrons. The van der Waals surface area contributed by atoms with E-state index in [0.717, 1.165) is 12.2 Å². The minimum Gasteiger partial charge on any atom is -0.372 e. The Morgan fingerprint density at radius 2 is 2.08 bits per heavy atom. The average Bonchev–Trinajstić information content (AvgIpc) is 2.17. The summed E-state index contributed by atoms with van der Waals surface area (Å²) < 4.78 is 0. The van der Waals surface area contributed by atoms with E-state index in [1.54, 1.807) is 0 Å². The zero-order chi connectivity index (χ0) is 8.39. The first kappa shape index (κ1) is 7.53. The highest BCUT2D eigenvalue weighted by Crippen LogP contribution is 2.19. The molecule has 0 atom stereocenters. The van der Waals surface area contributed by atoms with E-state index < -0.39 is 0 Å². The maximum atomic E-state index is 4.18. The Labute approximate surface area is 72.2 Å². The second-order valence-electron chi connectivity index (χ2n) is 3.16. The maximum Gasteiger partial charge on any atom is 0.148 e. The molecule has 0 aromatic carbocycles.